The van der Waals surface area contributed by atoms with Crippen molar-refractivity contribution >= 4 is 85.8 Å². The van der Waals surface area contributed by atoms with E-state index in [4.69, 9.17) is 0 Å². The van der Waals surface area contributed by atoms with Crippen LogP contribution in [0.4, 0.5) is 0 Å². The lowest BCUT2D eigenvalue weighted by molar-refractivity contribution is 1.24. The second-order valence-electron chi connectivity index (χ2n) is 7.89. The van der Waals surface area contributed by atoms with E-state index in [9.17, 15) is 0 Å². The van der Waals surface area contributed by atoms with Crippen molar-refractivity contribution < 1.29 is 0 Å². The molecule has 4 aromatic heterocycles. The molecule has 0 radical (unpaired) electrons. The summed E-state index contributed by atoms with van der Waals surface area (Å²) in [6, 6.07) is 17.9. The van der Waals surface area contributed by atoms with Crippen LogP contribution in [0.25, 0.3) is 56.9 Å². The first-order valence-electron chi connectivity index (χ1n) is 10.2. The Hall–Kier alpha value is -3.28. The fourth-order valence-corrected chi connectivity index (χ4v) is 7.25. The Labute approximate surface area is 185 Å². The van der Waals surface area contributed by atoms with Crippen molar-refractivity contribution in [2.45, 2.75) is 6.92 Å². The van der Waals surface area contributed by atoms with Crippen LogP contribution in [0.5, 0.6) is 0 Å². The summed E-state index contributed by atoms with van der Waals surface area (Å²) in [7, 11) is 1.82. The topological polar surface area (TPSA) is 29.7 Å². The Kier molecular flexibility index (Phi) is 3.44. The molecule has 0 aliphatic rings. The molecule has 31 heavy (non-hydrogen) atoms. The van der Waals surface area contributed by atoms with Gasteiger partial charge in [-0.25, -0.2) is 4.98 Å². The predicted octanol–water partition coefficient (Wildman–Crippen LogP) is 7.58. The number of imidazole rings is 1. The monoisotopic (exact) mass is 435 g/mol. The van der Waals surface area contributed by atoms with E-state index >= 15 is 0 Å². The lowest BCUT2D eigenvalue weighted by atomic mass is 9.97. The number of thiophene rings is 2. The van der Waals surface area contributed by atoms with Crippen molar-refractivity contribution in [2.24, 2.45) is 4.99 Å². The van der Waals surface area contributed by atoms with Crippen LogP contribution in [-0.4, -0.2) is 22.6 Å². The van der Waals surface area contributed by atoms with Crippen molar-refractivity contribution in [3.63, 3.8) is 0 Å². The number of aryl methyl sites for hydroxylation is 1. The predicted molar refractivity (Wildman–Crippen MR) is 137 cm³/mol. The summed E-state index contributed by atoms with van der Waals surface area (Å²) < 4.78 is 7.56. The summed E-state index contributed by atoms with van der Waals surface area (Å²) in [6.07, 6.45) is 5.88. The molecule has 0 amide bonds. The molecule has 0 spiro atoms. The van der Waals surface area contributed by atoms with Gasteiger partial charge in [-0.15, -0.1) is 22.7 Å². The molecule has 7 aromatic rings. The molecule has 3 aromatic carbocycles. The minimum Gasteiger partial charge on any atom is -0.299 e. The van der Waals surface area contributed by atoms with Gasteiger partial charge in [0, 0.05) is 77.0 Å². The molecule has 0 aliphatic carbocycles. The Bertz CT molecular complexity index is 1860. The highest BCUT2D eigenvalue weighted by molar-refractivity contribution is 7.28. The smallest absolute Gasteiger partial charge is 0.146 e. The van der Waals surface area contributed by atoms with Gasteiger partial charge in [-0.05, 0) is 42.8 Å². The number of rotatable bonds is 1. The van der Waals surface area contributed by atoms with Gasteiger partial charge >= 0.3 is 0 Å². The van der Waals surface area contributed by atoms with Gasteiger partial charge in [0.25, 0.3) is 0 Å². The number of aromatic nitrogens is 2. The van der Waals surface area contributed by atoms with E-state index in [0.717, 1.165) is 11.2 Å². The van der Waals surface area contributed by atoms with E-state index in [0.29, 0.717) is 0 Å². The van der Waals surface area contributed by atoms with Crippen LogP contribution < -0.4 is 0 Å². The third kappa shape index (κ3) is 2.17. The molecule has 0 saturated carbocycles. The number of pyridine rings is 1. The summed E-state index contributed by atoms with van der Waals surface area (Å²) in [4.78, 5) is 8.98. The largest absolute Gasteiger partial charge is 0.299 e. The standard InChI is InChI=1S/C26H17N3S2/c1-14-16(13-27-2)26-28-11-12-29(26)17-7-8-20-24(22(14)17)25-21(31-20)10-9-19-23(25)15-5-3-4-6-18(15)30-19/h3-13H,1-2H3. The number of benzene rings is 3. The zero-order valence-corrected chi connectivity index (χ0v) is 18.6. The Balaban J connectivity index is 1.84. The summed E-state index contributed by atoms with van der Waals surface area (Å²) in [5.74, 6) is 0. The molecular formula is C26H17N3S2. The molecule has 0 N–H and O–H groups in total. The molecule has 0 aliphatic heterocycles. The molecule has 0 fully saturated rings. The Morgan fingerprint density at radius 3 is 2.39 bits per heavy atom. The second-order valence-corrected chi connectivity index (χ2v) is 10.1. The average molecular weight is 436 g/mol. The van der Waals surface area contributed by atoms with Crippen LogP contribution in [0.2, 0.25) is 0 Å². The van der Waals surface area contributed by atoms with Gasteiger partial charge in [0.15, 0.2) is 0 Å². The number of hydrogen-bond donors (Lipinski definition) is 0. The molecular weight excluding hydrogens is 418 g/mol. The number of nitrogens with zero attached hydrogens (tertiary/aromatic N) is 3. The zero-order valence-electron chi connectivity index (χ0n) is 17.0. The molecule has 0 atom stereocenters. The van der Waals surface area contributed by atoms with Crippen LogP contribution in [0.15, 0.2) is 65.9 Å². The van der Waals surface area contributed by atoms with E-state index in [1.807, 2.05) is 42.1 Å². The van der Waals surface area contributed by atoms with Gasteiger partial charge in [-0.3, -0.25) is 9.39 Å². The van der Waals surface area contributed by atoms with Gasteiger partial charge < -0.3 is 0 Å². The molecule has 5 heteroatoms. The zero-order chi connectivity index (χ0) is 20.7. The molecule has 0 saturated heterocycles. The maximum absolute atomic E-state index is 4.64. The van der Waals surface area contributed by atoms with Crippen molar-refractivity contribution in [2.75, 3.05) is 7.05 Å². The quantitative estimate of drug-likeness (QED) is 0.244. The fourth-order valence-electron chi connectivity index (χ4n) is 5.02. The minimum absolute atomic E-state index is 0.959. The molecule has 0 bridgehead atoms. The van der Waals surface area contributed by atoms with Crippen LogP contribution in [0, 0.1) is 6.92 Å². The molecule has 148 valence electrons. The van der Waals surface area contributed by atoms with Crippen molar-refractivity contribution in [1.29, 1.82) is 0 Å². The van der Waals surface area contributed by atoms with E-state index in [1.54, 1.807) is 0 Å². The molecule has 7 rings (SSSR count). The third-order valence-electron chi connectivity index (χ3n) is 6.30. The van der Waals surface area contributed by atoms with Gasteiger partial charge in [0.2, 0.25) is 0 Å². The first-order valence-corrected chi connectivity index (χ1v) is 11.9. The first kappa shape index (κ1) is 17.4. The van der Waals surface area contributed by atoms with E-state index in [-0.39, 0.29) is 0 Å². The fraction of sp³-hybridized carbons (Fsp3) is 0.0769. The van der Waals surface area contributed by atoms with Crippen molar-refractivity contribution in [3.8, 4) is 0 Å². The molecule has 4 heterocycles. The third-order valence-corrected chi connectivity index (χ3v) is 8.55. The minimum atomic E-state index is 0.959. The van der Waals surface area contributed by atoms with E-state index < -0.39 is 0 Å². The Morgan fingerprint density at radius 2 is 1.55 bits per heavy atom. The van der Waals surface area contributed by atoms with Gasteiger partial charge in [0.05, 0.1) is 5.52 Å². The van der Waals surface area contributed by atoms with Crippen LogP contribution in [-0.2, 0) is 0 Å². The van der Waals surface area contributed by atoms with Gasteiger partial charge in [-0.1, -0.05) is 18.2 Å². The van der Waals surface area contributed by atoms with Crippen LogP contribution in [0.3, 0.4) is 0 Å². The van der Waals surface area contributed by atoms with Crippen LogP contribution in [0.1, 0.15) is 11.1 Å². The normalized spacial score (nSPS) is 12.7. The van der Waals surface area contributed by atoms with Gasteiger partial charge in [0.1, 0.15) is 5.65 Å². The van der Waals surface area contributed by atoms with Crippen LogP contribution >= 0.6 is 22.7 Å². The highest BCUT2D eigenvalue weighted by Crippen LogP contribution is 2.47. The summed E-state index contributed by atoms with van der Waals surface area (Å²) in [5, 5.41) is 6.76. The van der Waals surface area contributed by atoms with E-state index in [1.165, 1.54) is 56.8 Å². The maximum Gasteiger partial charge on any atom is 0.146 e. The highest BCUT2D eigenvalue weighted by Gasteiger charge is 2.19. The van der Waals surface area contributed by atoms with Crippen molar-refractivity contribution in [3.05, 3.63) is 72.1 Å². The lowest BCUT2D eigenvalue weighted by Crippen LogP contribution is -1.98. The SMILES string of the molecule is CN=Cc1c(C)c2c3c(ccc2n2ccnc12)sc1ccc2sc4ccccc4c2c13. The van der Waals surface area contributed by atoms with Gasteiger partial charge in [-0.2, -0.15) is 0 Å². The number of fused-ring (bicyclic) bond motifs is 11. The lowest BCUT2D eigenvalue weighted by Gasteiger charge is -2.12. The van der Waals surface area contributed by atoms with E-state index in [2.05, 4.69) is 76.0 Å². The Morgan fingerprint density at radius 1 is 0.839 bits per heavy atom. The number of aliphatic imine (C=N–C) groups is 1. The summed E-state index contributed by atoms with van der Waals surface area (Å²) in [5.41, 5.74) is 4.48. The molecule has 0 unspecified atom stereocenters. The molecule has 3 nitrogen and oxygen atoms in total. The highest BCUT2D eigenvalue weighted by atomic mass is 32.1. The maximum atomic E-state index is 4.64. The second kappa shape index (κ2) is 6.13. The average Bonchev–Trinajstić information content (AvgIpc) is 3.50. The van der Waals surface area contributed by atoms with Crippen molar-refractivity contribution in [1.82, 2.24) is 9.38 Å². The number of hydrogen-bond acceptors (Lipinski definition) is 4. The summed E-state index contributed by atoms with van der Waals surface area (Å²) >= 11 is 3.77. The first-order chi connectivity index (χ1) is 15.3. The summed E-state index contributed by atoms with van der Waals surface area (Å²) in [6.45, 7) is 2.21.